The average molecular weight is 299 g/mol. The third-order valence-electron chi connectivity index (χ3n) is 4.30. The van der Waals surface area contributed by atoms with E-state index < -0.39 is 0 Å². The minimum atomic E-state index is -0.362. The summed E-state index contributed by atoms with van der Waals surface area (Å²) in [5, 5.41) is 0. The molecule has 0 N–H and O–H groups in total. The summed E-state index contributed by atoms with van der Waals surface area (Å²) in [5.41, 5.74) is 2.42. The first kappa shape index (κ1) is 14.8. The number of nitrogens with zero attached hydrogens (tertiary/aromatic N) is 1. The van der Waals surface area contributed by atoms with Crippen molar-refractivity contribution in [2.75, 3.05) is 7.11 Å². The molecule has 1 aliphatic carbocycles. The van der Waals surface area contributed by atoms with E-state index in [-0.39, 0.29) is 5.97 Å². The van der Waals surface area contributed by atoms with Crippen molar-refractivity contribution in [1.29, 1.82) is 0 Å². The zero-order chi connectivity index (χ0) is 15.7. The first-order valence-electron chi connectivity index (χ1n) is 7.79. The fourth-order valence-electron chi connectivity index (χ4n) is 2.63. The monoisotopic (exact) mass is 299 g/mol. The van der Waals surface area contributed by atoms with Gasteiger partial charge in [0.1, 0.15) is 5.75 Å². The average Bonchev–Trinajstić information content (AvgIpc) is 2.77. The molecule has 0 amide bonds. The van der Waals surface area contributed by atoms with E-state index in [1.54, 1.807) is 13.2 Å². The van der Waals surface area contributed by atoms with Gasteiger partial charge in [-0.1, -0.05) is 26.3 Å². The molecule has 0 bridgehead atoms. The Morgan fingerprint density at radius 1 is 1.36 bits per heavy atom. The van der Waals surface area contributed by atoms with Crippen LogP contribution in [0.15, 0.2) is 28.9 Å². The Labute approximate surface area is 130 Å². The molecule has 3 rings (SSSR count). The Bertz CT molecular complexity index is 654. The molecule has 1 aromatic carbocycles. The zero-order valence-electron chi connectivity index (χ0n) is 13.3. The van der Waals surface area contributed by atoms with Gasteiger partial charge in [-0.05, 0) is 42.5 Å². The van der Waals surface area contributed by atoms with Gasteiger partial charge in [0, 0.05) is 11.5 Å². The van der Waals surface area contributed by atoms with Gasteiger partial charge < -0.3 is 9.47 Å². The number of carbonyl (C=O) groups is 1. The Balaban J connectivity index is 1.94. The summed E-state index contributed by atoms with van der Waals surface area (Å²) in [6.45, 7) is 4.27. The van der Waals surface area contributed by atoms with Crippen molar-refractivity contribution < 1.29 is 14.3 Å². The van der Waals surface area contributed by atoms with Crippen LogP contribution >= 0.6 is 0 Å². The van der Waals surface area contributed by atoms with Gasteiger partial charge in [0.25, 0.3) is 0 Å². The van der Waals surface area contributed by atoms with E-state index in [1.807, 2.05) is 18.2 Å². The predicted molar refractivity (Wildman–Crippen MR) is 85.9 cm³/mol. The standard InChI is InChI=1S/C18H21NO3/c1-11(2)13-7-8-16(21-3)14(9-13)10-15-18(20)22-17(19-15)12-5-4-6-12/h7-12H,4-6H2,1-3H3/b15-10-. The lowest BCUT2D eigenvalue weighted by Gasteiger charge is -2.23. The number of hydrogen-bond donors (Lipinski definition) is 0. The van der Waals surface area contributed by atoms with Crippen LogP contribution in [-0.4, -0.2) is 19.0 Å². The van der Waals surface area contributed by atoms with Crippen LogP contribution in [0, 0.1) is 5.92 Å². The molecule has 1 saturated carbocycles. The van der Waals surface area contributed by atoms with E-state index in [4.69, 9.17) is 9.47 Å². The van der Waals surface area contributed by atoms with Crippen LogP contribution in [0.25, 0.3) is 6.08 Å². The molecule has 0 radical (unpaired) electrons. The number of methoxy groups -OCH3 is 1. The third kappa shape index (κ3) is 2.78. The van der Waals surface area contributed by atoms with E-state index in [0.717, 1.165) is 24.2 Å². The lowest BCUT2D eigenvalue weighted by atomic mass is 9.85. The molecule has 22 heavy (non-hydrogen) atoms. The van der Waals surface area contributed by atoms with Crippen molar-refractivity contribution in [2.45, 2.75) is 39.0 Å². The zero-order valence-corrected chi connectivity index (χ0v) is 13.3. The molecule has 0 atom stereocenters. The second-order valence-corrected chi connectivity index (χ2v) is 6.15. The maximum Gasteiger partial charge on any atom is 0.363 e. The maximum absolute atomic E-state index is 12.0. The van der Waals surface area contributed by atoms with Crippen molar-refractivity contribution >= 4 is 17.9 Å². The number of aliphatic imine (C=N–C) groups is 1. The molecule has 0 saturated heterocycles. The fourth-order valence-corrected chi connectivity index (χ4v) is 2.63. The summed E-state index contributed by atoms with van der Waals surface area (Å²) in [5.74, 6) is 1.68. The summed E-state index contributed by atoms with van der Waals surface area (Å²) in [6.07, 6.45) is 5.07. The predicted octanol–water partition coefficient (Wildman–Crippen LogP) is 3.91. The van der Waals surface area contributed by atoms with E-state index in [2.05, 4.69) is 18.8 Å². The smallest absolute Gasteiger partial charge is 0.363 e. The van der Waals surface area contributed by atoms with Gasteiger partial charge in [0.05, 0.1) is 7.11 Å². The highest BCUT2D eigenvalue weighted by molar-refractivity contribution is 6.08. The molecule has 1 fully saturated rings. The van der Waals surface area contributed by atoms with Crippen molar-refractivity contribution in [3.63, 3.8) is 0 Å². The molecule has 0 spiro atoms. The molecule has 2 aliphatic rings. The van der Waals surface area contributed by atoms with Crippen LogP contribution in [-0.2, 0) is 9.53 Å². The highest BCUT2D eigenvalue weighted by atomic mass is 16.6. The van der Waals surface area contributed by atoms with Crippen molar-refractivity contribution in [1.82, 2.24) is 0 Å². The molecule has 0 aromatic heterocycles. The molecule has 0 unspecified atom stereocenters. The van der Waals surface area contributed by atoms with Gasteiger partial charge in [-0.2, -0.15) is 0 Å². The largest absolute Gasteiger partial charge is 0.496 e. The van der Waals surface area contributed by atoms with Gasteiger partial charge in [0.15, 0.2) is 5.70 Å². The Kier molecular flexibility index (Phi) is 4.01. The van der Waals surface area contributed by atoms with E-state index in [1.165, 1.54) is 12.0 Å². The molecule has 1 aromatic rings. The molecular weight excluding hydrogens is 278 g/mol. The van der Waals surface area contributed by atoms with E-state index in [0.29, 0.717) is 23.4 Å². The van der Waals surface area contributed by atoms with Crippen LogP contribution < -0.4 is 4.74 Å². The third-order valence-corrected chi connectivity index (χ3v) is 4.30. The van der Waals surface area contributed by atoms with Gasteiger partial charge >= 0.3 is 5.97 Å². The highest BCUT2D eigenvalue weighted by Gasteiger charge is 2.32. The van der Waals surface area contributed by atoms with Crippen LogP contribution in [0.1, 0.15) is 50.2 Å². The lowest BCUT2D eigenvalue weighted by Crippen LogP contribution is -2.22. The van der Waals surface area contributed by atoms with Crippen LogP contribution in [0.2, 0.25) is 0 Å². The fraction of sp³-hybridized carbons (Fsp3) is 0.444. The van der Waals surface area contributed by atoms with E-state index in [9.17, 15) is 4.79 Å². The molecule has 1 aliphatic heterocycles. The van der Waals surface area contributed by atoms with Gasteiger partial charge in [-0.3, -0.25) is 0 Å². The summed E-state index contributed by atoms with van der Waals surface area (Å²) in [6, 6.07) is 6.01. The first-order chi connectivity index (χ1) is 10.6. The van der Waals surface area contributed by atoms with Crippen molar-refractivity contribution in [3.8, 4) is 5.75 Å². The second-order valence-electron chi connectivity index (χ2n) is 6.15. The number of carbonyl (C=O) groups excluding carboxylic acids is 1. The number of cyclic esters (lactones) is 1. The summed E-state index contributed by atoms with van der Waals surface area (Å²) < 4.78 is 10.7. The van der Waals surface area contributed by atoms with E-state index >= 15 is 0 Å². The topological polar surface area (TPSA) is 47.9 Å². The normalized spacial score (nSPS) is 20.1. The summed E-state index contributed by atoms with van der Waals surface area (Å²) >= 11 is 0. The van der Waals surface area contributed by atoms with Gasteiger partial charge in [-0.15, -0.1) is 0 Å². The Morgan fingerprint density at radius 2 is 2.14 bits per heavy atom. The lowest BCUT2D eigenvalue weighted by molar-refractivity contribution is -0.130. The minimum Gasteiger partial charge on any atom is -0.496 e. The number of rotatable bonds is 4. The molecule has 4 nitrogen and oxygen atoms in total. The summed E-state index contributed by atoms with van der Waals surface area (Å²) in [7, 11) is 1.63. The van der Waals surface area contributed by atoms with Crippen LogP contribution in [0.5, 0.6) is 5.75 Å². The Hall–Kier alpha value is -2.10. The van der Waals surface area contributed by atoms with Gasteiger partial charge in [-0.25, -0.2) is 9.79 Å². The quantitative estimate of drug-likeness (QED) is 0.625. The Morgan fingerprint density at radius 3 is 2.73 bits per heavy atom. The second kappa shape index (κ2) is 5.95. The van der Waals surface area contributed by atoms with Gasteiger partial charge in [0.2, 0.25) is 5.90 Å². The summed E-state index contributed by atoms with van der Waals surface area (Å²) in [4.78, 5) is 16.4. The number of hydrogen-bond acceptors (Lipinski definition) is 4. The number of esters is 1. The molecule has 1 heterocycles. The SMILES string of the molecule is COc1ccc(C(C)C)cc1/C=C1\N=C(C2CCC2)OC1=O. The highest BCUT2D eigenvalue weighted by Crippen LogP contribution is 2.33. The molecule has 116 valence electrons. The number of benzene rings is 1. The maximum atomic E-state index is 12.0. The molecular formula is C18H21NO3. The number of ether oxygens (including phenoxy) is 2. The van der Waals surface area contributed by atoms with Crippen molar-refractivity contribution in [2.24, 2.45) is 10.9 Å². The van der Waals surface area contributed by atoms with Crippen LogP contribution in [0.4, 0.5) is 0 Å². The van der Waals surface area contributed by atoms with Crippen molar-refractivity contribution in [3.05, 3.63) is 35.0 Å². The van der Waals surface area contributed by atoms with Crippen LogP contribution in [0.3, 0.4) is 0 Å². The minimum absolute atomic E-state index is 0.318. The molecule has 4 heteroatoms. The first-order valence-corrected chi connectivity index (χ1v) is 7.79.